The van der Waals surface area contributed by atoms with Crippen LogP contribution in [0.1, 0.15) is 16.7 Å². The number of para-hydroxylation sites is 1. The molecule has 3 aromatic rings. The second-order valence-electron chi connectivity index (χ2n) is 5.85. The van der Waals surface area contributed by atoms with Gasteiger partial charge in [-0.3, -0.25) is 0 Å². The lowest BCUT2D eigenvalue weighted by atomic mass is 10.0. The molecular weight excluding hydrogens is 310 g/mol. The molecule has 0 fully saturated rings. The summed E-state index contributed by atoms with van der Waals surface area (Å²) in [7, 11) is 3.36. The summed E-state index contributed by atoms with van der Waals surface area (Å²) in [6.07, 6.45) is 0.902. The summed E-state index contributed by atoms with van der Waals surface area (Å²) < 4.78 is 10.8. The van der Waals surface area contributed by atoms with E-state index in [1.807, 2.05) is 24.3 Å². The third-order valence-corrected chi connectivity index (χ3v) is 4.21. The van der Waals surface area contributed by atoms with E-state index in [0.717, 1.165) is 29.2 Å². The molecule has 3 rings (SSSR count). The maximum Gasteiger partial charge on any atom is 0.124 e. The van der Waals surface area contributed by atoms with Crippen LogP contribution in [0.5, 0.6) is 11.5 Å². The van der Waals surface area contributed by atoms with Gasteiger partial charge in [-0.25, -0.2) is 0 Å². The van der Waals surface area contributed by atoms with Gasteiger partial charge < -0.3 is 14.8 Å². The molecule has 0 aliphatic rings. The van der Waals surface area contributed by atoms with Crippen molar-refractivity contribution in [3.05, 3.63) is 89.5 Å². The molecule has 0 saturated heterocycles. The topological polar surface area (TPSA) is 30.5 Å². The lowest BCUT2D eigenvalue weighted by Gasteiger charge is -2.15. The first-order valence-electron chi connectivity index (χ1n) is 8.37. The Balaban J connectivity index is 1.78. The van der Waals surface area contributed by atoms with Gasteiger partial charge in [0.25, 0.3) is 0 Å². The van der Waals surface area contributed by atoms with Crippen LogP contribution in [0, 0.1) is 0 Å². The molecule has 0 unspecified atom stereocenters. The van der Waals surface area contributed by atoms with Crippen molar-refractivity contribution in [3.8, 4) is 11.5 Å². The van der Waals surface area contributed by atoms with Crippen LogP contribution < -0.4 is 14.8 Å². The summed E-state index contributed by atoms with van der Waals surface area (Å²) in [5.74, 6) is 1.68. The Morgan fingerprint density at radius 3 is 2.28 bits per heavy atom. The zero-order valence-electron chi connectivity index (χ0n) is 14.7. The van der Waals surface area contributed by atoms with E-state index < -0.39 is 0 Å². The minimum absolute atomic E-state index is 0.673. The van der Waals surface area contributed by atoms with Crippen molar-refractivity contribution >= 4 is 5.69 Å². The van der Waals surface area contributed by atoms with Gasteiger partial charge in [0, 0.05) is 17.8 Å². The van der Waals surface area contributed by atoms with Crippen molar-refractivity contribution in [2.75, 3.05) is 19.5 Å². The van der Waals surface area contributed by atoms with Crippen LogP contribution >= 0.6 is 0 Å². The van der Waals surface area contributed by atoms with Crippen molar-refractivity contribution in [2.45, 2.75) is 13.0 Å². The lowest BCUT2D eigenvalue weighted by molar-refractivity contribution is 0.399. The molecule has 0 heterocycles. The van der Waals surface area contributed by atoms with E-state index in [4.69, 9.17) is 9.47 Å². The van der Waals surface area contributed by atoms with Gasteiger partial charge in [-0.1, -0.05) is 48.5 Å². The molecular formula is C22H23NO2. The van der Waals surface area contributed by atoms with Crippen molar-refractivity contribution in [1.82, 2.24) is 0 Å². The van der Waals surface area contributed by atoms with Gasteiger partial charge in [0.2, 0.25) is 0 Å². The molecule has 25 heavy (non-hydrogen) atoms. The minimum atomic E-state index is 0.673. The number of methoxy groups -OCH3 is 2. The Morgan fingerprint density at radius 1 is 0.760 bits per heavy atom. The monoisotopic (exact) mass is 333 g/mol. The zero-order valence-corrected chi connectivity index (χ0v) is 14.7. The third kappa shape index (κ3) is 4.32. The average molecular weight is 333 g/mol. The van der Waals surface area contributed by atoms with Crippen molar-refractivity contribution in [1.29, 1.82) is 0 Å². The Morgan fingerprint density at radius 2 is 1.52 bits per heavy atom. The number of benzene rings is 3. The summed E-state index contributed by atoms with van der Waals surface area (Å²) in [6.45, 7) is 0.673. The van der Waals surface area contributed by atoms with Gasteiger partial charge in [-0.15, -0.1) is 0 Å². The molecule has 3 nitrogen and oxygen atoms in total. The standard InChI is InChI=1S/C22H23NO2/c1-24-20-12-13-22(25-2)19(15-20)16-23-21-11-7-6-10-18(21)14-17-8-4-3-5-9-17/h3-13,15,23H,14,16H2,1-2H3. The molecule has 1 N–H and O–H groups in total. The Hall–Kier alpha value is -2.94. The quantitative estimate of drug-likeness (QED) is 0.666. The van der Waals surface area contributed by atoms with Crippen LogP contribution in [0.4, 0.5) is 5.69 Å². The first-order chi connectivity index (χ1) is 12.3. The predicted molar refractivity (Wildman–Crippen MR) is 103 cm³/mol. The lowest BCUT2D eigenvalue weighted by Crippen LogP contribution is -2.04. The molecule has 0 radical (unpaired) electrons. The fraction of sp³-hybridized carbons (Fsp3) is 0.182. The molecule has 0 amide bonds. The van der Waals surface area contributed by atoms with Crippen molar-refractivity contribution < 1.29 is 9.47 Å². The molecule has 0 atom stereocenters. The highest BCUT2D eigenvalue weighted by atomic mass is 16.5. The minimum Gasteiger partial charge on any atom is -0.497 e. The molecule has 3 heteroatoms. The van der Waals surface area contributed by atoms with Gasteiger partial charge in [-0.05, 0) is 41.8 Å². The van der Waals surface area contributed by atoms with E-state index in [1.54, 1.807) is 14.2 Å². The number of anilines is 1. The highest BCUT2D eigenvalue weighted by Gasteiger charge is 2.07. The molecule has 0 aliphatic carbocycles. The largest absolute Gasteiger partial charge is 0.497 e. The van der Waals surface area contributed by atoms with Crippen LogP contribution in [0.2, 0.25) is 0 Å². The highest BCUT2D eigenvalue weighted by molar-refractivity contribution is 5.54. The van der Waals surface area contributed by atoms with Gasteiger partial charge in [-0.2, -0.15) is 0 Å². The molecule has 128 valence electrons. The van der Waals surface area contributed by atoms with E-state index in [9.17, 15) is 0 Å². The summed E-state index contributed by atoms with van der Waals surface area (Å²) >= 11 is 0. The Labute approximate surface area is 149 Å². The van der Waals surface area contributed by atoms with Gasteiger partial charge in [0.15, 0.2) is 0 Å². The highest BCUT2D eigenvalue weighted by Crippen LogP contribution is 2.26. The number of hydrogen-bond donors (Lipinski definition) is 1. The number of hydrogen-bond acceptors (Lipinski definition) is 3. The first-order valence-corrected chi connectivity index (χ1v) is 8.37. The maximum atomic E-state index is 5.46. The molecule has 0 aliphatic heterocycles. The molecule has 0 saturated carbocycles. The number of ether oxygens (including phenoxy) is 2. The van der Waals surface area contributed by atoms with E-state index in [1.165, 1.54) is 11.1 Å². The number of nitrogens with one attached hydrogen (secondary N) is 1. The maximum absolute atomic E-state index is 5.46. The zero-order chi connectivity index (χ0) is 17.5. The molecule has 0 aromatic heterocycles. The van der Waals surface area contributed by atoms with E-state index in [2.05, 4.69) is 53.8 Å². The fourth-order valence-electron chi connectivity index (χ4n) is 2.87. The van der Waals surface area contributed by atoms with Crippen LogP contribution in [0.15, 0.2) is 72.8 Å². The average Bonchev–Trinajstić information content (AvgIpc) is 2.68. The van der Waals surface area contributed by atoms with Crippen LogP contribution in [0.3, 0.4) is 0 Å². The summed E-state index contributed by atoms with van der Waals surface area (Å²) in [6, 6.07) is 24.8. The SMILES string of the molecule is COc1ccc(OC)c(CNc2ccccc2Cc2ccccc2)c1. The first kappa shape index (κ1) is 16.9. The summed E-state index contributed by atoms with van der Waals surface area (Å²) in [5, 5.41) is 3.54. The van der Waals surface area contributed by atoms with Crippen LogP contribution in [-0.2, 0) is 13.0 Å². The molecule has 0 bridgehead atoms. The van der Waals surface area contributed by atoms with E-state index >= 15 is 0 Å². The smallest absolute Gasteiger partial charge is 0.124 e. The van der Waals surface area contributed by atoms with Crippen LogP contribution in [0.25, 0.3) is 0 Å². The predicted octanol–water partition coefficient (Wildman–Crippen LogP) is 4.91. The Bertz CT molecular complexity index is 815. The summed E-state index contributed by atoms with van der Waals surface area (Å²) in [5.41, 5.74) is 4.78. The van der Waals surface area contributed by atoms with Gasteiger partial charge in [0.1, 0.15) is 11.5 Å². The van der Waals surface area contributed by atoms with Crippen molar-refractivity contribution in [3.63, 3.8) is 0 Å². The van der Waals surface area contributed by atoms with Gasteiger partial charge >= 0.3 is 0 Å². The van der Waals surface area contributed by atoms with Crippen LogP contribution in [-0.4, -0.2) is 14.2 Å². The van der Waals surface area contributed by atoms with Gasteiger partial charge in [0.05, 0.1) is 14.2 Å². The third-order valence-electron chi connectivity index (χ3n) is 4.21. The summed E-state index contributed by atoms with van der Waals surface area (Å²) in [4.78, 5) is 0. The fourth-order valence-corrected chi connectivity index (χ4v) is 2.87. The Kier molecular flexibility index (Phi) is 5.57. The normalized spacial score (nSPS) is 10.3. The molecule has 0 spiro atoms. The second-order valence-corrected chi connectivity index (χ2v) is 5.85. The van der Waals surface area contributed by atoms with E-state index in [0.29, 0.717) is 6.54 Å². The number of rotatable bonds is 7. The van der Waals surface area contributed by atoms with Crippen molar-refractivity contribution in [2.24, 2.45) is 0 Å². The van der Waals surface area contributed by atoms with E-state index in [-0.39, 0.29) is 0 Å². The second kappa shape index (κ2) is 8.25. The molecule has 3 aromatic carbocycles.